The first-order valence-electron chi connectivity index (χ1n) is 7.47. The molecule has 0 bridgehead atoms. The summed E-state index contributed by atoms with van der Waals surface area (Å²) < 4.78 is 0. The highest BCUT2D eigenvalue weighted by atomic mass is 15.2. The van der Waals surface area contributed by atoms with Crippen LogP contribution < -0.4 is 5.32 Å². The Bertz CT molecular complexity index is 194. The molecule has 0 saturated heterocycles. The van der Waals surface area contributed by atoms with Crippen molar-refractivity contribution in [1.29, 1.82) is 0 Å². The van der Waals surface area contributed by atoms with Crippen molar-refractivity contribution < 1.29 is 0 Å². The lowest BCUT2D eigenvalue weighted by Gasteiger charge is -2.34. The first kappa shape index (κ1) is 17.9. The van der Waals surface area contributed by atoms with Gasteiger partial charge in [0.15, 0.2) is 0 Å². The Morgan fingerprint density at radius 1 is 1.00 bits per heavy atom. The Morgan fingerprint density at radius 3 is 2.17 bits per heavy atom. The zero-order valence-corrected chi connectivity index (χ0v) is 13.6. The van der Waals surface area contributed by atoms with Crippen molar-refractivity contribution >= 4 is 0 Å². The van der Waals surface area contributed by atoms with Crippen LogP contribution in [0.1, 0.15) is 40.0 Å². The zero-order valence-electron chi connectivity index (χ0n) is 13.6. The van der Waals surface area contributed by atoms with Gasteiger partial charge in [0.25, 0.3) is 0 Å². The van der Waals surface area contributed by atoms with Crippen molar-refractivity contribution in [2.24, 2.45) is 5.41 Å². The molecule has 3 nitrogen and oxygen atoms in total. The Labute approximate surface area is 115 Å². The summed E-state index contributed by atoms with van der Waals surface area (Å²) in [5.41, 5.74) is 0.408. The molecule has 18 heavy (non-hydrogen) atoms. The Morgan fingerprint density at radius 2 is 1.67 bits per heavy atom. The molecule has 0 aliphatic heterocycles. The minimum atomic E-state index is 0.408. The standard InChI is InChI=1S/C15H35N3/c1-7-9-15(3,13-16-10-8-2)14-18(6)12-11-17(4)5/h16H,7-14H2,1-6H3. The molecule has 0 aromatic carbocycles. The highest BCUT2D eigenvalue weighted by Crippen LogP contribution is 2.23. The van der Waals surface area contributed by atoms with E-state index in [0.29, 0.717) is 5.41 Å². The summed E-state index contributed by atoms with van der Waals surface area (Å²) in [4.78, 5) is 4.73. The molecule has 0 spiro atoms. The molecule has 110 valence electrons. The highest BCUT2D eigenvalue weighted by molar-refractivity contribution is 4.80. The molecule has 1 unspecified atom stereocenters. The second-order valence-corrected chi connectivity index (χ2v) is 6.28. The largest absolute Gasteiger partial charge is 0.316 e. The number of nitrogens with one attached hydrogen (secondary N) is 1. The second kappa shape index (κ2) is 9.76. The molecule has 0 saturated carbocycles. The van der Waals surface area contributed by atoms with E-state index in [1.54, 1.807) is 0 Å². The number of hydrogen-bond donors (Lipinski definition) is 1. The lowest BCUT2D eigenvalue weighted by atomic mass is 9.85. The minimum absolute atomic E-state index is 0.408. The van der Waals surface area contributed by atoms with Crippen LogP contribution in [0.4, 0.5) is 0 Å². The maximum Gasteiger partial charge on any atom is 0.0106 e. The summed E-state index contributed by atoms with van der Waals surface area (Å²) in [6.07, 6.45) is 3.79. The average molecular weight is 257 g/mol. The second-order valence-electron chi connectivity index (χ2n) is 6.28. The van der Waals surface area contributed by atoms with Crippen molar-refractivity contribution in [3.8, 4) is 0 Å². The van der Waals surface area contributed by atoms with E-state index in [1.807, 2.05) is 0 Å². The van der Waals surface area contributed by atoms with Crippen LogP contribution in [0.15, 0.2) is 0 Å². The fourth-order valence-corrected chi connectivity index (χ4v) is 2.50. The lowest BCUT2D eigenvalue weighted by Crippen LogP contribution is -2.42. The highest BCUT2D eigenvalue weighted by Gasteiger charge is 2.24. The van der Waals surface area contributed by atoms with Gasteiger partial charge in [-0.25, -0.2) is 0 Å². The van der Waals surface area contributed by atoms with Gasteiger partial charge in [-0.2, -0.15) is 0 Å². The van der Waals surface area contributed by atoms with E-state index in [1.165, 1.54) is 25.8 Å². The third-order valence-corrected chi connectivity index (χ3v) is 3.41. The quantitative estimate of drug-likeness (QED) is 0.573. The molecule has 1 atom stereocenters. The average Bonchev–Trinajstić information content (AvgIpc) is 2.27. The predicted molar refractivity (Wildman–Crippen MR) is 82.2 cm³/mol. The number of likely N-dealkylation sites (N-methyl/N-ethyl adjacent to an activating group) is 2. The van der Waals surface area contributed by atoms with Gasteiger partial charge in [-0.15, -0.1) is 0 Å². The van der Waals surface area contributed by atoms with Crippen molar-refractivity contribution in [3.63, 3.8) is 0 Å². The number of rotatable bonds is 11. The summed E-state index contributed by atoms with van der Waals surface area (Å²) >= 11 is 0. The summed E-state index contributed by atoms with van der Waals surface area (Å²) in [6, 6.07) is 0. The SMILES string of the molecule is CCCNCC(C)(CCC)CN(C)CCN(C)C. The molecule has 0 rings (SSSR count). The van der Waals surface area contributed by atoms with Gasteiger partial charge < -0.3 is 15.1 Å². The molecule has 0 aromatic heterocycles. The summed E-state index contributed by atoms with van der Waals surface area (Å²) in [5, 5.41) is 3.59. The Kier molecular flexibility index (Phi) is 9.70. The molecular weight excluding hydrogens is 222 g/mol. The molecule has 0 aromatic rings. The van der Waals surface area contributed by atoms with Crippen LogP contribution in [-0.2, 0) is 0 Å². The van der Waals surface area contributed by atoms with Crippen LogP contribution in [0, 0.1) is 5.41 Å². The van der Waals surface area contributed by atoms with Crippen LogP contribution in [0.25, 0.3) is 0 Å². The van der Waals surface area contributed by atoms with Gasteiger partial charge >= 0.3 is 0 Å². The van der Waals surface area contributed by atoms with E-state index in [4.69, 9.17) is 0 Å². The van der Waals surface area contributed by atoms with E-state index in [2.05, 4.69) is 57.0 Å². The topological polar surface area (TPSA) is 18.5 Å². The monoisotopic (exact) mass is 257 g/mol. The van der Waals surface area contributed by atoms with Gasteiger partial charge in [-0.3, -0.25) is 0 Å². The van der Waals surface area contributed by atoms with Gasteiger partial charge in [0.05, 0.1) is 0 Å². The fourth-order valence-electron chi connectivity index (χ4n) is 2.50. The van der Waals surface area contributed by atoms with Crippen LogP contribution in [0.5, 0.6) is 0 Å². The van der Waals surface area contributed by atoms with Crippen LogP contribution in [0.3, 0.4) is 0 Å². The van der Waals surface area contributed by atoms with E-state index in [0.717, 1.165) is 26.2 Å². The Hall–Kier alpha value is -0.120. The van der Waals surface area contributed by atoms with Gasteiger partial charge in [0.1, 0.15) is 0 Å². The van der Waals surface area contributed by atoms with Crippen LogP contribution in [0.2, 0.25) is 0 Å². The summed E-state index contributed by atoms with van der Waals surface area (Å²) in [6.45, 7) is 12.7. The van der Waals surface area contributed by atoms with Gasteiger partial charge in [-0.1, -0.05) is 27.2 Å². The van der Waals surface area contributed by atoms with Crippen LogP contribution >= 0.6 is 0 Å². The van der Waals surface area contributed by atoms with E-state index < -0.39 is 0 Å². The zero-order chi connectivity index (χ0) is 14.0. The molecule has 0 aliphatic carbocycles. The van der Waals surface area contributed by atoms with Crippen molar-refractivity contribution in [3.05, 3.63) is 0 Å². The normalized spacial score (nSPS) is 15.3. The smallest absolute Gasteiger partial charge is 0.0106 e. The predicted octanol–water partition coefficient (Wildman–Crippen LogP) is 2.29. The molecule has 1 N–H and O–H groups in total. The molecule has 0 heterocycles. The van der Waals surface area contributed by atoms with E-state index >= 15 is 0 Å². The summed E-state index contributed by atoms with van der Waals surface area (Å²) in [5.74, 6) is 0. The number of hydrogen-bond acceptors (Lipinski definition) is 3. The first-order chi connectivity index (χ1) is 8.43. The van der Waals surface area contributed by atoms with E-state index in [9.17, 15) is 0 Å². The van der Waals surface area contributed by atoms with Crippen molar-refractivity contribution in [2.45, 2.75) is 40.0 Å². The van der Waals surface area contributed by atoms with Gasteiger partial charge in [0, 0.05) is 26.2 Å². The molecule has 0 fully saturated rings. The first-order valence-corrected chi connectivity index (χ1v) is 7.47. The molecular formula is C15H35N3. The maximum absolute atomic E-state index is 3.59. The molecule has 3 heteroatoms. The Balaban J connectivity index is 4.13. The van der Waals surface area contributed by atoms with Crippen molar-refractivity contribution in [1.82, 2.24) is 15.1 Å². The maximum atomic E-state index is 3.59. The molecule has 0 amide bonds. The number of nitrogens with zero attached hydrogens (tertiary/aromatic N) is 2. The van der Waals surface area contributed by atoms with Gasteiger partial charge in [-0.05, 0) is 45.9 Å². The fraction of sp³-hybridized carbons (Fsp3) is 1.00. The van der Waals surface area contributed by atoms with Gasteiger partial charge in [0.2, 0.25) is 0 Å². The van der Waals surface area contributed by atoms with Crippen LogP contribution in [-0.4, -0.2) is 63.7 Å². The van der Waals surface area contributed by atoms with Crippen molar-refractivity contribution in [2.75, 3.05) is 53.9 Å². The van der Waals surface area contributed by atoms with E-state index in [-0.39, 0.29) is 0 Å². The molecule has 0 aliphatic rings. The minimum Gasteiger partial charge on any atom is -0.316 e. The molecule has 0 radical (unpaired) electrons. The third kappa shape index (κ3) is 8.90. The lowest BCUT2D eigenvalue weighted by molar-refractivity contribution is 0.164. The summed E-state index contributed by atoms with van der Waals surface area (Å²) in [7, 11) is 6.53. The third-order valence-electron chi connectivity index (χ3n) is 3.41.